The Hall–Kier alpha value is -1.64. The topological polar surface area (TPSA) is 34.4 Å². The van der Waals surface area contributed by atoms with Crippen molar-refractivity contribution in [2.45, 2.75) is 13.3 Å². The van der Waals surface area contributed by atoms with Crippen LogP contribution in [0.1, 0.15) is 23.1 Å². The molecule has 0 bridgehead atoms. The summed E-state index contributed by atoms with van der Waals surface area (Å²) in [5.74, 6) is 0. The molecule has 2 aromatic heterocycles. The summed E-state index contributed by atoms with van der Waals surface area (Å²) < 4.78 is 1.81. The van der Waals surface area contributed by atoms with Gasteiger partial charge in [-0.3, -0.25) is 9.20 Å². The smallest absolute Gasteiger partial charge is 0.168 e. The van der Waals surface area contributed by atoms with Gasteiger partial charge in [-0.05, 0) is 18.6 Å². The van der Waals surface area contributed by atoms with E-state index in [-0.39, 0.29) is 0 Å². The highest BCUT2D eigenvalue weighted by Gasteiger charge is 2.07. The van der Waals surface area contributed by atoms with Crippen LogP contribution in [0.2, 0.25) is 0 Å². The van der Waals surface area contributed by atoms with Gasteiger partial charge in [0, 0.05) is 6.20 Å². The molecule has 66 valence electrons. The minimum atomic E-state index is 0.665. The first kappa shape index (κ1) is 7.98. The van der Waals surface area contributed by atoms with E-state index in [0.29, 0.717) is 5.69 Å². The highest BCUT2D eigenvalue weighted by Crippen LogP contribution is 2.10. The van der Waals surface area contributed by atoms with Crippen molar-refractivity contribution < 1.29 is 4.79 Å². The van der Waals surface area contributed by atoms with Crippen LogP contribution in [0.4, 0.5) is 0 Å². The molecule has 0 fully saturated rings. The molecular formula is C10H10N2O. The number of rotatable bonds is 2. The first-order valence-electron chi connectivity index (χ1n) is 4.28. The van der Waals surface area contributed by atoms with E-state index in [4.69, 9.17) is 0 Å². The van der Waals surface area contributed by atoms with Gasteiger partial charge in [0.1, 0.15) is 11.3 Å². The van der Waals surface area contributed by atoms with Crippen molar-refractivity contribution in [2.24, 2.45) is 0 Å². The lowest BCUT2D eigenvalue weighted by atomic mass is 10.3. The first-order valence-corrected chi connectivity index (χ1v) is 4.28. The highest BCUT2D eigenvalue weighted by molar-refractivity contribution is 5.76. The molecule has 0 radical (unpaired) electrons. The number of carbonyl (C=O) groups is 1. The molecule has 0 amide bonds. The second-order valence-electron chi connectivity index (χ2n) is 2.84. The fraction of sp³-hybridized carbons (Fsp3) is 0.200. The van der Waals surface area contributed by atoms with Crippen LogP contribution >= 0.6 is 0 Å². The fourth-order valence-corrected chi connectivity index (χ4v) is 1.45. The molecule has 2 rings (SSSR count). The van der Waals surface area contributed by atoms with E-state index in [1.165, 1.54) is 0 Å². The summed E-state index contributed by atoms with van der Waals surface area (Å²) in [5, 5.41) is 0. The number of hydrogen-bond donors (Lipinski definition) is 0. The van der Waals surface area contributed by atoms with Crippen molar-refractivity contribution in [3.05, 3.63) is 35.8 Å². The maximum atomic E-state index is 10.8. The zero-order chi connectivity index (χ0) is 9.26. The molecule has 0 N–H and O–H groups in total. The van der Waals surface area contributed by atoms with Gasteiger partial charge in [0.15, 0.2) is 6.29 Å². The van der Waals surface area contributed by atoms with Crippen LogP contribution in [0.25, 0.3) is 5.65 Å². The number of aromatic nitrogens is 2. The number of aryl methyl sites for hydroxylation is 1. The van der Waals surface area contributed by atoms with Gasteiger partial charge in [-0.1, -0.05) is 13.0 Å². The van der Waals surface area contributed by atoms with Crippen molar-refractivity contribution in [1.29, 1.82) is 0 Å². The lowest BCUT2D eigenvalue weighted by Gasteiger charge is -1.93. The number of pyridine rings is 1. The third-order valence-corrected chi connectivity index (χ3v) is 2.09. The number of carbonyl (C=O) groups excluding carboxylic acids is 1. The fourth-order valence-electron chi connectivity index (χ4n) is 1.45. The van der Waals surface area contributed by atoms with E-state index < -0.39 is 0 Å². The first-order chi connectivity index (χ1) is 6.36. The minimum absolute atomic E-state index is 0.665. The maximum absolute atomic E-state index is 10.8. The molecule has 3 heteroatoms. The van der Waals surface area contributed by atoms with Crippen LogP contribution in [0.15, 0.2) is 24.4 Å². The van der Waals surface area contributed by atoms with Gasteiger partial charge in [-0.15, -0.1) is 0 Å². The van der Waals surface area contributed by atoms with Gasteiger partial charge < -0.3 is 0 Å². The Bertz CT molecular complexity index is 445. The van der Waals surface area contributed by atoms with E-state index >= 15 is 0 Å². The Balaban J connectivity index is 2.81. The van der Waals surface area contributed by atoms with Crippen molar-refractivity contribution >= 4 is 11.9 Å². The normalized spacial score (nSPS) is 10.5. The van der Waals surface area contributed by atoms with Crippen LogP contribution in [-0.4, -0.2) is 15.7 Å². The maximum Gasteiger partial charge on any atom is 0.168 e. The number of aldehydes is 1. The van der Waals surface area contributed by atoms with Crippen LogP contribution in [0.5, 0.6) is 0 Å². The molecule has 13 heavy (non-hydrogen) atoms. The van der Waals surface area contributed by atoms with Crippen molar-refractivity contribution in [1.82, 2.24) is 9.38 Å². The van der Waals surface area contributed by atoms with Gasteiger partial charge in [0.25, 0.3) is 0 Å². The van der Waals surface area contributed by atoms with E-state index in [1.54, 1.807) is 0 Å². The third-order valence-electron chi connectivity index (χ3n) is 2.09. The molecule has 0 aliphatic heterocycles. The van der Waals surface area contributed by atoms with Crippen molar-refractivity contribution in [2.75, 3.05) is 0 Å². The summed E-state index contributed by atoms with van der Waals surface area (Å²) in [6.07, 6.45) is 3.50. The number of nitrogens with zero attached hydrogens (tertiary/aromatic N) is 2. The lowest BCUT2D eigenvalue weighted by Crippen LogP contribution is -1.92. The average Bonchev–Trinajstić information content (AvgIpc) is 2.55. The largest absolute Gasteiger partial charge is 0.297 e. The lowest BCUT2D eigenvalue weighted by molar-refractivity contribution is 0.111. The molecule has 0 spiro atoms. The quantitative estimate of drug-likeness (QED) is 0.649. The molecular weight excluding hydrogens is 164 g/mol. The van der Waals surface area contributed by atoms with E-state index in [9.17, 15) is 4.79 Å². The van der Waals surface area contributed by atoms with Gasteiger partial charge in [-0.2, -0.15) is 0 Å². The molecule has 3 nitrogen and oxygen atoms in total. The third kappa shape index (κ3) is 1.13. The molecule has 0 aliphatic carbocycles. The second-order valence-corrected chi connectivity index (χ2v) is 2.84. The van der Waals surface area contributed by atoms with E-state index in [1.807, 2.05) is 35.7 Å². The van der Waals surface area contributed by atoms with E-state index in [0.717, 1.165) is 24.0 Å². The zero-order valence-corrected chi connectivity index (χ0v) is 7.40. The standard InChI is InChI=1S/C10H10N2O/c1-2-8-9(7-13)12-6-4-3-5-10(12)11-8/h3-7H,2H2,1H3. The summed E-state index contributed by atoms with van der Waals surface area (Å²) >= 11 is 0. The second kappa shape index (κ2) is 3.01. The van der Waals surface area contributed by atoms with E-state index in [2.05, 4.69) is 4.98 Å². The predicted molar refractivity (Wildman–Crippen MR) is 50.0 cm³/mol. The Morgan fingerprint density at radius 2 is 2.38 bits per heavy atom. The van der Waals surface area contributed by atoms with Crippen LogP contribution in [0.3, 0.4) is 0 Å². The predicted octanol–water partition coefficient (Wildman–Crippen LogP) is 1.71. The average molecular weight is 174 g/mol. The molecule has 0 saturated carbocycles. The Labute approximate surface area is 76.0 Å². The molecule has 2 heterocycles. The molecule has 0 aromatic carbocycles. The van der Waals surface area contributed by atoms with Gasteiger partial charge in [0.2, 0.25) is 0 Å². The summed E-state index contributed by atoms with van der Waals surface area (Å²) in [5.41, 5.74) is 2.36. The summed E-state index contributed by atoms with van der Waals surface area (Å²) in [6.45, 7) is 1.99. The van der Waals surface area contributed by atoms with Crippen LogP contribution < -0.4 is 0 Å². The van der Waals surface area contributed by atoms with Gasteiger partial charge in [-0.25, -0.2) is 4.98 Å². The van der Waals surface area contributed by atoms with Gasteiger partial charge >= 0.3 is 0 Å². The molecule has 0 unspecified atom stereocenters. The Morgan fingerprint density at radius 1 is 1.54 bits per heavy atom. The number of fused-ring (bicyclic) bond motifs is 1. The van der Waals surface area contributed by atoms with Crippen molar-refractivity contribution in [3.63, 3.8) is 0 Å². The number of imidazole rings is 1. The SMILES string of the molecule is CCc1nc2ccccn2c1C=O. The summed E-state index contributed by atoms with van der Waals surface area (Å²) in [4.78, 5) is 15.1. The zero-order valence-electron chi connectivity index (χ0n) is 7.40. The van der Waals surface area contributed by atoms with Crippen LogP contribution in [-0.2, 0) is 6.42 Å². The molecule has 2 aromatic rings. The summed E-state index contributed by atoms with van der Waals surface area (Å²) in [7, 11) is 0. The monoisotopic (exact) mass is 174 g/mol. The molecule has 0 aliphatic rings. The molecule has 0 saturated heterocycles. The minimum Gasteiger partial charge on any atom is -0.297 e. The Morgan fingerprint density at radius 3 is 3.08 bits per heavy atom. The molecule has 0 atom stereocenters. The van der Waals surface area contributed by atoms with Gasteiger partial charge in [0.05, 0.1) is 5.69 Å². The summed E-state index contributed by atoms with van der Waals surface area (Å²) in [6, 6.07) is 5.70. The highest BCUT2D eigenvalue weighted by atomic mass is 16.1. The van der Waals surface area contributed by atoms with Crippen molar-refractivity contribution in [3.8, 4) is 0 Å². The van der Waals surface area contributed by atoms with Crippen LogP contribution in [0, 0.1) is 0 Å². The Kier molecular flexibility index (Phi) is 1.85. The number of hydrogen-bond acceptors (Lipinski definition) is 2.